The van der Waals surface area contributed by atoms with Crippen LogP contribution in [0.4, 0.5) is 16.0 Å². The Hall–Kier alpha value is -4.31. The van der Waals surface area contributed by atoms with Crippen molar-refractivity contribution in [2.45, 2.75) is 25.9 Å². The minimum absolute atomic E-state index is 0.0598. The van der Waals surface area contributed by atoms with Gasteiger partial charge in [0.2, 0.25) is 0 Å². The maximum absolute atomic E-state index is 15.0. The molecule has 2 aliphatic rings. The predicted octanol–water partition coefficient (Wildman–Crippen LogP) is 3.70. The standard InChI is InChI=1S/C28H28FN7O2/c1-16-11-23(33-27(35-10-8-18(30)14-35)24(16)17-12-32-34(2)13-17)36-15-20-19(28(36)37)7-9-31-26(20)25-21(29)5-4-6-22(25)38-3/h4-7,9,11-13,18H,8,10,14-15,30H2,1-3H3. The molecule has 10 heteroatoms. The topological polar surface area (TPSA) is 102 Å². The first-order valence-corrected chi connectivity index (χ1v) is 12.5. The van der Waals surface area contributed by atoms with E-state index in [0.717, 1.165) is 35.5 Å². The average molecular weight is 514 g/mol. The first-order valence-electron chi connectivity index (χ1n) is 12.5. The maximum Gasteiger partial charge on any atom is 0.260 e. The van der Waals surface area contributed by atoms with Crippen LogP contribution in [0.5, 0.6) is 5.75 Å². The number of aryl methyl sites for hydroxylation is 2. The molecule has 0 aliphatic carbocycles. The predicted molar refractivity (Wildman–Crippen MR) is 143 cm³/mol. The summed E-state index contributed by atoms with van der Waals surface area (Å²) in [5, 5.41) is 4.35. The van der Waals surface area contributed by atoms with Gasteiger partial charge in [-0.2, -0.15) is 5.10 Å². The maximum atomic E-state index is 15.0. The van der Waals surface area contributed by atoms with Gasteiger partial charge >= 0.3 is 0 Å². The number of nitrogens with two attached hydrogens (primary N) is 1. The molecule has 3 aromatic heterocycles. The number of hydrogen-bond donors (Lipinski definition) is 1. The Balaban J connectivity index is 1.46. The highest BCUT2D eigenvalue weighted by Gasteiger charge is 2.35. The fourth-order valence-corrected chi connectivity index (χ4v) is 5.43. The van der Waals surface area contributed by atoms with Crippen molar-refractivity contribution in [1.29, 1.82) is 0 Å². The first-order chi connectivity index (χ1) is 18.4. The number of fused-ring (bicyclic) bond motifs is 1. The average Bonchev–Trinajstić information content (AvgIpc) is 3.62. The summed E-state index contributed by atoms with van der Waals surface area (Å²) >= 11 is 0. The Labute approximate surface area is 219 Å². The van der Waals surface area contributed by atoms with E-state index in [4.69, 9.17) is 15.5 Å². The van der Waals surface area contributed by atoms with Crippen LogP contribution in [0.1, 0.15) is 27.9 Å². The molecule has 0 bridgehead atoms. The summed E-state index contributed by atoms with van der Waals surface area (Å²) < 4.78 is 22.2. The van der Waals surface area contributed by atoms with Crippen LogP contribution < -0.4 is 20.3 Å². The third-order valence-corrected chi connectivity index (χ3v) is 7.26. The van der Waals surface area contributed by atoms with E-state index in [0.29, 0.717) is 34.9 Å². The summed E-state index contributed by atoms with van der Waals surface area (Å²) in [4.78, 5) is 27.0. The Morgan fingerprint density at radius 3 is 2.76 bits per heavy atom. The zero-order chi connectivity index (χ0) is 26.6. The molecule has 0 saturated carbocycles. The largest absolute Gasteiger partial charge is 0.496 e. The summed E-state index contributed by atoms with van der Waals surface area (Å²) in [6, 6.07) is 8.28. The fraction of sp³-hybridized carbons (Fsp3) is 0.286. The smallest absolute Gasteiger partial charge is 0.260 e. The van der Waals surface area contributed by atoms with Gasteiger partial charge in [-0.05, 0) is 43.2 Å². The molecular formula is C28H28FN7O2. The van der Waals surface area contributed by atoms with Gasteiger partial charge in [0.05, 0.1) is 31.1 Å². The van der Waals surface area contributed by atoms with E-state index in [1.807, 2.05) is 32.4 Å². The second-order valence-corrected chi connectivity index (χ2v) is 9.79. The van der Waals surface area contributed by atoms with E-state index < -0.39 is 5.82 Å². The van der Waals surface area contributed by atoms with Crippen molar-refractivity contribution in [3.8, 4) is 28.1 Å². The summed E-state index contributed by atoms with van der Waals surface area (Å²) in [5.41, 5.74) is 10.9. The van der Waals surface area contributed by atoms with E-state index in [-0.39, 0.29) is 24.1 Å². The highest BCUT2D eigenvalue weighted by Crippen LogP contribution is 2.41. The van der Waals surface area contributed by atoms with Crippen molar-refractivity contribution >= 4 is 17.5 Å². The third kappa shape index (κ3) is 3.88. The number of benzene rings is 1. The number of carbonyl (C=O) groups excluding carboxylic acids is 1. The second kappa shape index (κ2) is 9.21. The minimum Gasteiger partial charge on any atom is -0.496 e. The lowest BCUT2D eigenvalue weighted by Crippen LogP contribution is -2.29. The van der Waals surface area contributed by atoms with E-state index in [9.17, 15) is 9.18 Å². The minimum atomic E-state index is -0.460. The van der Waals surface area contributed by atoms with Gasteiger partial charge in [0.15, 0.2) is 0 Å². The van der Waals surface area contributed by atoms with Crippen LogP contribution in [0, 0.1) is 12.7 Å². The normalized spacial score (nSPS) is 16.9. The van der Waals surface area contributed by atoms with E-state index in [1.165, 1.54) is 19.4 Å². The molecule has 9 nitrogen and oxygen atoms in total. The van der Waals surface area contributed by atoms with Crippen molar-refractivity contribution in [1.82, 2.24) is 19.7 Å². The lowest BCUT2D eigenvalue weighted by molar-refractivity contribution is 0.0996. The lowest BCUT2D eigenvalue weighted by atomic mass is 10.0. The van der Waals surface area contributed by atoms with Crippen molar-refractivity contribution < 1.29 is 13.9 Å². The molecule has 1 fully saturated rings. The third-order valence-electron chi connectivity index (χ3n) is 7.26. The van der Waals surface area contributed by atoms with Crippen LogP contribution in [0.15, 0.2) is 48.9 Å². The van der Waals surface area contributed by atoms with Gasteiger partial charge in [0.25, 0.3) is 5.91 Å². The van der Waals surface area contributed by atoms with Crippen LogP contribution in [0.25, 0.3) is 22.4 Å². The van der Waals surface area contributed by atoms with Gasteiger partial charge in [0.1, 0.15) is 23.2 Å². The molecule has 5 heterocycles. The summed E-state index contributed by atoms with van der Waals surface area (Å²) in [7, 11) is 3.36. The van der Waals surface area contributed by atoms with Gasteiger partial charge in [-0.3, -0.25) is 19.4 Å². The van der Waals surface area contributed by atoms with Gasteiger partial charge in [-0.25, -0.2) is 9.37 Å². The number of pyridine rings is 2. The van der Waals surface area contributed by atoms with Crippen LogP contribution in [-0.4, -0.2) is 51.9 Å². The first kappa shape index (κ1) is 24.1. The molecule has 1 saturated heterocycles. The van der Waals surface area contributed by atoms with Gasteiger partial charge in [0, 0.05) is 60.8 Å². The van der Waals surface area contributed by atoms with E-state index >= 15 is 0 Å². The molecule has 194 valence electrons. The molecule has 0 radical (unpaired) electrons. The van der Waals surface area contributed by atoms with Crippen molar-refractivity contribution in [2.75, 3.05) is 30.0 Å². The quantitative estimate of drug-likeness (QED) is 0.434. The molecule has 1 aromatic carbocycles. The van der Waals surface area contributed by atoms with E-state index in [1.54, 1.807) is 27.8 Å². The number of methoxy groups -OCH3 is 1. The highest BCUT2D eigenvalue weighted by atomic mass is 19.1. The molecule has 2 aliphatic heterocycles. The van der Waals surface area contributed by atoms with E-state index in [2.05, 4.69) is 15.0 Å². The number of ether oxygens (including phenoxy) is 1. The number of anilines is 2. The Morgan fingerprint density at radius 1 is 1.21 bits per heavy atom. The van der Waals surface area contributed by atoms with Crippen LogP contribution in [0.3, 0.4) is 0 Å². The highest BCUT2D eigenvalue weighted by molar-refractivity contribution is 6.11. The molecule has 1 unspecified atom stereocenters. The molecule has 4 aromatic rings. The summed E-state index contributed by atoms with van der Waals surface area (Å²) in [6.45, 7) is 3.68. The molecular weight excluding hydrogens is 485 g/mol. The Morgan fingerprint density at radius 2 is 2.05 bits per heavy atom. The van der Waals surface area contributed by atoms with Crippen LogP contribution >= 0.6 is 0 Å². The van der Waals surface area contributed by atoms with Crippen molar-refractivity contribution in [3.63, 3.8) is 0 Å². The van der Waals surface area contributed by atoms with Crippen molar-refractivity contribution in [3.05, 3.63) is 71.4 Å². The second-order valence-electron chi connectivity index (χ2n) is 9.79. The molecule has 1 amide bonds. The number of nitrogens with zero attached hydrogens (tertiary/aromatic N) is 6. The number of hydrogen-bond acceptors (Lipinski definition) is 7. The number of aromatic nitrogens is 4. The zero-order valence-corrected chi connectivity index (χ0v) is 21.5. The SMILES string of the molecule is COc1cccc(F)c1-c1nccc2c1CN(c1cc(C)c(-c3cnn(C)c3)c(N3CCC(N)C3)n1)C2=O. The van der Waals surface area contributed by atoms with Gasteiger partial charge in [-0.15, -0.1) is 0 Å². The molecule has 6 rings (SSSR count). The summed E-state index contributed by atoms with van der Waals surface area (Å²) in [6.07, 6.45) is 6.17. The molecule has 0 spiro atoms. The number of rotatable bonds is 5. The van der Waals surface area contributed by atoms with Crippen LogP contribution in [0.2, 0.25) is 0 Å². The molecule has 1 atom stereocenters. The number of halogens is 1. The fourth-order valence-electron chi connectivity index (χ4n) is 5.43. The Bertz CT molecular complexity index is 1570. The lowest BCUT2D eigenvalue weighted by Gasteiger charge is -2.25. The molecule has 2 N–H and O–H groups in total. The van der Waals surface area contributed by atoms with Crippen LogP contribution in [-0.2, 0) is 13.6 Å². The Kier molecular flexibility index (Phi) is 5.83. The van der Waals surface area contributed by atoms with Gasteiger partial charge < -0.3 is 15.4 Å². The number of amides is 1. The van der Waals surface area contributed by atoms with Crippen molar-refractivity contribution in [2.24, 2.45) is 12.8 Å². The summed E-state index contributed by atoms with van der Waals surface area (Å²) in [5.74, 6) is 0.999. The monoisotopic (exact) mass is 513 g/mol. The molecule has 38 heavy (non-hydrogen) atoms. The number of carbonyl (C=O) groups is 1. The van der Waals surface area contributed by atoms with Gasteiger partial charge in [-0.1, -0.05) is 6.07 Å². The zero-order valence-electron chi connectivity index (χ0n) is 21.5.